The smallest absolute Gasteiger partial charge is 0.257 e. The second kappa shape index (κ2) is 5.61. The van der Waals surface area contributed by atoms with Crippen molar-refractivity contribution in [1.82, 2.24) is 9.88 Å². The lowest BCUT2D eigenvalue weighted by Crippen LogP contribution is -2.29. The molecule has 0 spiro atoms. The van der Waals surface area contributed by atoms with E-state index in [2.05, 4.69) is 4.98 Å². The number of phenols is 1. The molecular weight excluding hydrogens is 254 g/mol. The van der Waals surface area contributed by atoms with Gasteiger partial charge in [-0.15, -0.1) is 0 Å². The second-order valence-electron chi connectivity index (χ2n) is 4.62. The van der Waals surface area contributed by atoms with Gasteiger partial charge >= 0.3 is 0 Å². The van der Waals surface area contributed by atoms with Gasteiger partial charge in [0.15, 0.2) is 5.75 Å². The Kier molecular flexibility index (Phi) is 3.89. The van der Waals surface area contributed by atoms with Crippen LogP contribution in [-0.2, 0) is 0 Å². The van der Waals surface area contributed by atoms with Gasteiger partial charge in [0.1, 0.15) is 0 Å². The first kappa shape index (κ1) is 13.9. The first-order valence-electron chi connectivity index (χ1n) is 6.27. The van der Waals surface area contributed by atoms with E-state index >= 15 is 0 Å². The molecule has 1 aromatic heterocycles. The molecule has 5 heteroatoms. The monoisotopic (exact) mass is 271 g/mol. The lowest BCUT2D eigenvalue weighted by Gasteiger charge is -2.25. The fourth-order valence-electron chi connectivity index (χ4n) is 1.97. The highest BCUT2D eigenvalue weighted by Crippen LogP contribution is 2.28. The summed E-state index contributed by atoms with van der Waals surface area (Å²) in [5, 5.41) is 9.89. The minimum atomic E-state index is -0.279. The zero-order valence-electron chi connectivity index (χ0n) is 11.4. The van der Waals surface area contributed by atoms with E-state index in [0.29, 0.717) is 0 Å². The maximum atomic E-state index is 12.4. The molecule has 1 atom stereocenters. The van der Waals surface area contributed by atoms with E-state index in [1.807, 2.05) is 19.1 Å². The normalized spacial score (nSPS) is 11.9. The molecule has 1 unspecified atom stereocenters. The molecule has 5 nitrogen and oxygen atoms in total. The quantitative estimate of drug-likeness (QED) is 0.662. The first-order chi connectivity index (χ1) is 9.52. The van der Waals surface area contributed by atoms with Crippen molar-refractivity contribution in [1.29, 1.82) is 0 Å². The van der Waals surface area contributed by atoms with E-state index in [-0.39, 0.29) is 28.9 Å². The van der Waals surface area contributed by atoms with Crippen LogP contribution in [-0.4, -0.2) is 27.9 Å². The van der Waals surface area contributed by atoms with E-state index in [1.54, 1.807) is 42.5 Å². The number of para-hydroxylation sites is 1. The SMILES string of the molecule is CC(c1ccncc1)N(C)C(=O)c1cccc(N)c1O. The summed E-state index contributed by atoms with van der Waals surface area (Å²) >= 11 is 0. The molecule has 0 saturated heterocycles. The number of phenolic OH excluding ortho intramolecular Hbond substituents is 1. The van der Waals surface area contributed by atoms with E-state index in [9.17, 15) is 9.90 Å². The molecule has 1 heterocycles. The third-order valence-electron chi connectivity index (χ3n) is 3.39. The number of rotatable bonds is 3. The zero-order valence-corrected chi connectivity index (χ0v) is 11.4. The van der Waals surface area contributed by atoms with Gasteiger partial charge in [0, 0.05) is 19.4 Å². The average Bonchev–Trinajstić information content (AvgIpc) is 2.48. The third kappa shape index (κ3) is 2.56. The topological polar surface area (TPSA) is 79.5 Å². The number of carbonyl (C=O) groups is 1. The molecule has 20 heavy (non-hydrogen) atoms. The highest BCUT2D eigenvalue weighted by Gasteiger charge is 2.21. The van der Waals surface area contributed by atoms with E-state index in [1.165, 1.54) is 0 Å². The largest absolute Gasteiger partial charge is 0.505 e. The highest BCUT2D eigenvalue weighted by molar-refractivity contribution is 5.98. The number of nitrogens with two attached hydrogens (primary N) is 1. The van der Waals surface area contributed by atoms with Crippen LogP contribution in [0.2, 0.25) is 0 Å². The minimum absolute atomic E-state index is 0.133. The minimum Gasteiger partial charge on any atom is -0.505 e. The summed E-state index contributed by atoms with van der Waals surface area (Å²) in [5.41, 5.74) is 6.99. The summed E-state index contributed by atoms with van der Waals surface area (Å²) in [6.07, 6.45) is 3.37. The maximum Gasteiger partial charge on any atom is 0.257 e. The Balaban J connectivity index is 2.27. The van der Waals surface area contributed by atoms with Crippen LogP contribution in [0.4, 0.5) is 5.69 Å². The van der Waals surface area contributed by atoms with Crippen LogP contribution in [0.1, 0.15) is 28.9 Å². The number of nitrogens with zero attached hydrogens (tertiary/aromatic N) is 2. The third-order valence-corrected chi connectivity index (χ3v) is 3.39. The maximum absolute atomic E-state index is 12.4. The van der Waals surface area contributed by atoms with Gasteiger partial charge in [0.25, 0.3) is 5.91 Å². The number of anilines is 1. The number of benzene rings is 1. The number of nitrogen functional groups attached to an aromatic ring is 1. The predicted octanol–water partition coefficient (Wildman–Crippen LogP) is 2.20. The van der Waals surface area contributed by atoms with E-state index in [0.717, 1.165) is 5.56 Å². The Morgan fingerprint density at radius 1 is 1.30 bits per heavy atom. The Hall–Kier alpha value is -2.56. The summed E-state index contributed by atoms with van der Waals surface area (Å²) < 4.78 is 0. The molecule has 0 saturated carbocycles. The lowest BCUT2D eigenvalue weighted by molar-refractivity contribution is 0.0739. The first-order valence-corrected chi connectivity index (χ1v) is 6.27. The molecule has 1 aromatic carbocycles. The van der Waals surface area contributed by atoms with Gasteiger partial charge in [-0.25, -0.2) is 0 Å². The molecule has 3 N–H and O–H groups in total. The van der Waals surface area contributed by atoms with Gasteiger partial charge < -0.3 is 15.7 Å². The van der Waals surface area contributed by atoms with Crippen LogP contribution >= 0.6 is 0 Å². The van der Waals surface area contributed by atoms with Gasteiger partial charge in [0.2, 0.25) is 0 Å². The molecular formula is C15H17N3O2. The zero-order chi connectivity index (χ0) is 14.7. The van der Waals surface area contributed by atoms with Crippen LogP contribution < -0.4 is 5.73 Å². The van der Waals surface area contributed by atoms with Crippen molar-refractivity contribution in [2.75, 3.05) is 12.8 Å². The molecule has 0 aliphatic carbocycles. The number of hydrogen-bond acceptors (Lipinski definition) is 4. The van der Waals surface area contributed by atoms with Crippen LogP contribution in [0, 0.1) is 0 Å². The van der Waals surface area contributed by atoms with Crippen LogP contribution in [0.5, 0.6) is 5.75 Å². The molecule has 2 aromatic rings. The molecule has 0 aliphatic rings. The number of hydrogen-bond donors (Lipinski definition) is 2. The summed E-state index contributed by atoms with van der Waals surface area (Å²) in [6.45, 7) is 1.91. The molecule has 1 amide bonds. The van der Waals surface area contributed by atoms with Crippen LogP contribution in [0.25, 0.3) is 0 Å². The van der Waals surface area contributed by atoms with Gasteiger partial charge in [-0.3, -0.25) is 9.78 Å². The van der Waals surface area contributed by atoms with Crippen molar-refractivity contribution < 1.29 is 9.90 Å². The Labute approximate surface area is 117 Å². The summed E-state index contributed by atoms with van der Waals surface area (Å²) in [4.78, 5) is 17.9. The molecule has 0 bridgehead atoms. The Morgan fingerprint density at radius 2 is 1.95 bits per heavy atom. The number of carbonyl (C=O) groups excluding carboxylic acids is 1. The number of aromatic hydroxyl groups is 1. The summed E-state index contributed by atoms with van der Waals surface area (Å²) in [7, 11) is 1.69. The molecule has 0 aliphatic heterocycles. The van der Waals surface area contributed by atoms with Gasteiger partial charge in [-0.2, -0.15) is 0 Å². The number of amides is 1. The lowest BCUT2D eigenvalue weighted by atomic mass is 10.1. The van der Waals surface area contributed by atoms with Crippen molar-refractivity contribution in [2.24, 2.45) is 0 Å². The molecule has 0 fully saturated rings. The second-order valence-corrected chi connectivity index (χ2v) is 4.62. The van der Waals surface area contributed by atoms with Crippen LogP contribution in [0.15, 0.2) is 42.7 Å². The number of pyridine rings is 1. The van der Waals surface area contributed by atoms with E-state index < -0.39 is 0 Å². The molecule has 0 radical (unpaired) electrons. The van der Waals surface area contributed by atoms with E-state index in [4.69, 9.17) is 5.73 Å². The summed E-state index contributed by atoms with van der Waals surface area (Å²) in [5.74, 6) is -0.453. The van der Waals surface area contributed by atoms with Gasteiger partial charge in [-0.1, -0.05) is 6.07 Å². The predicted molar refractivity (Wildman–Crippen MR) is 77.3 cm³/mol. The Bertz CT molecular complexity index is 614. The summed E-state index contributed by atoms with van der Waals surface area (Å²) in [6, 6.07) is 8.34. The number of aromatic nitrogens is 1. The fourth-order valence-corrected chi connectivity index (χ4v) is 1.97. The van der Waals surface area contributed by atoms with Crippen molar-refractivity contribution >= 4 is 11.6 Å². The van der Waals surface area contributed by atoms with Crippen LogP contribution in [0.3, 0.4) is 0 Å². The van der Waals surface area contributed by atoms with Gasteiger partial charge in [0.05, 0.1) is 17.3 Å². The van der Waals surface area contributed by atoms with Gasteiger partial charge in [-0.05, 0) is 36.8 Å². The fraction of sp³-hybridized carbons (Fsp3) is 0.200. The Morgan fingerprint density at radius 3 is 2.60 bits per heavy atom. The average molecular weight is 271 g/mol. The standard InChI is InChI=1S/C15H17N3O2/c1-10(11-6-8-17-9-7-11)18(2)15(20)12-4-3-5-13(16)14(12)19/h3-10,19H,16H2,1-2H3. The van der Waals surface area contributed by atoms with Crippen molar-refractivity contribution in [3.63, 3.8) is 0 Å². The molecule has 2 rings (SSSR count). The molecule has 104 valence electrons. The van der Waals surface area contributed by atoms with Crippen molar-refractivity contribution in [3.8, 4) is 5.75 Å². The van der Waals surface area contributed by atoms with Crippen molar-refractivity contribution in [2.45, 2.75) is 13.0 Å². The highest BCUT2D eigenvalue weighted by atomic mass is 16.3. The van der Waals surface area contributed by atoms with Crippen molar-refractivity contribution in [3.05, 3.63) is 53.9 Å².